The summed E-state index contributed by atoms with van der Waals surface area (Å²) in [7, 11) is 1.33. The number of ether oxygens (including phenoxy) is 1. The number of alkyl halides is 1. The smallest absolute Gasteiger partial charge is 0.309 e. The highest BCUT2D eigenvalue weighted by atomic mass is 79.9. The Morgan fingerprint density at radius 3 is 2.67 bits per heavy atom. The molecule has 0 aromatic heterocycles. The zero-order valence-corrected chi connectivity index (χ0v) is 11.2. The Morgan fingerprint density at radius 2 is 2.13 bits per heavy atom. The molecule has 0 radical (unpaired) electrons. The summed E-state index contributed by atoms with van der Waals surface area (Å²) in [6, 6.07) is 3.00. The average molecular weight is 340 g/mol. The summed E-state index contributed by atoms with van der Waals surface area (Å²) >= 11 is 6.32. The first-order chi connectivity index (χ1) is 7.08. The Morgan fingerprint density at radius 1 is 1.47 bits per heavy atom. The number of hydrogen-bond acceptors (Lipinski definition) is 2. The Balaban J connectivity index is 3.05. The topological polar surface area (TPSA) is 26.3 Å². The zero-order valence-electron chi connectivity index (χ0n) is 8.02. The molecule has 1 aromatic rings. The van der Waals surface area contributed by atoms with E-state index in [-0.39, 0.29) is 18.2 Å². The second-order valence-electron chi connectivity index (χ2n) is 2.92. The van der Waals surface area contributed by atoms with Gasteiger partial charge in [0, 0.05) is 5.33 Å². The Hall–Kier alpha value is -0.420. The highest BCUT2D eigenvalue weighted by Gasteiger charge is 2.11. The van der Waals surface area contributed by atoms with Crippen molar-refractivity contribution in [2.24, 2.45) is 0 Å². The highest BCUT2D eigenvalue weighted by Crippen LogP contribution is 2.23. The van der Waals surface area contributed by atoms with E-state index in [1.807, 2.05) is 0 Å². The van der Waals surface area contributed by atoms with E-state index >= 15 is 0 Å². The maximum atomic E-state index is 13.2. The van der Waals surface area contributed by atoms with Crippen LogP contribution < -0.4 is 0 Å². The summed E-state index contributed by atoms with van der Waals surface area (Å²) in [5.74, 6) is -0.672. The highest BCUT2D eigenvalue weighted by molar-refractivity contribution is 9.10. The molecule has 0 fully saturated rings. The molecule has 5 heteroatoms. The maximum absolute atomic E-state index is 13.2. The number of benzene rings is 1. The number of rotatable bonds is 3. The van der Waals surface area contributed by atoms with E-state index in [0.29, 0.717) is 9.80 Å². The average Bonchev–Trinajstić information content (AvgIpc) is 2.22. The largest absolute Gasteiger partial charge is 0.469 e. The van der Waals surface area contributed by atoms with Crippen LogP contribution in [0.1, 0.15) is 11.1 Å². The van der Waals surface area contributed by atoms with Gasteiger partial charge >= 0.3 is 5.97 Å². The van der Waals surface area contributed by atoms with Crippen LogP contribution in [0.5, 0.6) is 0 Å². The molecule has 0 aliphatic rings. The van der Waals surface area contributed by atoms with Crippen LogP contribution in [0.4, 0.5) is 4.39 Å². The van der Waals surface area contributed by atoms with Gasteiger partial charge in [0.05, 0.1) is 18.0 Å². The lowest BCUT2D eigenvalue weighted by molar-refractivity contribution is -0.139. The van der Waals surface area contributed by atoms with Crippen molar-refractivity contribution in [2.75, 3.05) is 7.11 Å². The fourth-order valence-corrected chi connectivity index (χ4v) is 2.06. The van der Waals surface area contributed by atoms with Crippen molar-refractivity contribution < 1.29 is 13.9 Å². The normalized spacial score (nSPS) is 10.1. The lowest BCUT2D eigenvalue weighted by Crippen LogP contribution is -2.07. The molecule has 82 valence electrons. The molecule has 0 aliphatic heterocycles. The van der Waals surface area contributed by atoms with Crippen molar-refractivity contribution in [3.8, 4) is 0 Å². The predicted octanol–water partition coefficient (Wildman–Crippen LogP) is 3.20. The van der Waals surface area contributed by atoms with Gasteiger partial charge in [-0.05, 0) is 39.2 Å². The predicted molar refractivity (Wildman–Crippen MR) is 62.5 cm³/mol. The summed E-state index contributed by atoms with van der Waals surface area (Å²) in [6.45, 7) is 0. The second-order valence-corrected chi connectivity index (χ2v) is 4.34. The molecule has 15 heavy (non-hydrogen) atoms. The molecule has 0 bridgehead atoms. The summed E-state index contributed by atoms with van der Waals surface area (Å²) in [4.78, 5) is 11.1. The van der Waals surface area contributed by atoms with Gasteiger partial charge in [0.15, 0.2) is 0 Å². The first kappa shape index (κ1) is 12.6. The van der Waals surface area contributed by atoms with Gasteiger partial charge in [-0.3, -0.25) is 4.79 Å². The quantitative estimate of drug-likeness (QED) is 0.624. The van der Waals surface area contributed by atoms with Crippen LogP contribution in [-0.4, -0.2) is 13.1 Å². The van der Waals surface area contributed by atoms with Crippen molar-refractivity contribution in [3.05, 3.63) is 33.5 Å². The van der Waals surface area contributed by atoms with E-state index in [9.17, 15) is 9.18 Å². The van der Waals surface area contributed by atoms with Gasteiger partial charge in [-0.1, -0.05) is 15.9 Å². The van der Waals surface area contributed by atoms with Gasteiger partial charge in [-0.15, -0.1) is 0 Å². The van der Waals surface area contributed by atoms with Crippen LogP contribution in [-0.2, 0) is 21.3 Å². The molecular formula is C10H9Br2FO2. The number of hydrogen-bond donors (Lipinski definition) is 0. The molecule has 0 aliphatic carbocycles. The van der Waals surface area contributed by atoms with Crippen LogP contribution in [0.3, 0.4) is 0 Å². The van der Waals surface area contributed by atoms with Crippen LogP contribution >= 0.6 is 31.9 Å². The monoisotopic (exact) mass is 338 g/mol. The number of halogens is 3. The first-order valence-corrected chi connectivity index (χ1v) is 6.09. The van der Waals surface area contributed by atoms with Gasteiger partial charge in [-0.25, -0.2) is 4.39 Å². The SMILES string of the molecule is COC(=O)Cc1cc(Br)c(F)cc1CBr. The van der Waals surface area contributed by atoms with Gasteiger partial charge in [0.2, 0.25) is 0 Å². The maximum Gasteiger partial charge on any atom is 0.309 e. The Bertz CT molecular complexity index is 380. The lowest BCUT2D eigenvalue weighted by Gasteiger charge is -2.07. The molecule has 0 unspecified atom stereocenters. The van der Waals surface area contributed by atoms with Gasteiger partial charge < -0.3 is 4.74 Å². The number of methoxy groups -OCH3 is 1. The molecular weight excluding hydrogens is 331 g/mol. The van der Waals surface area contributed by atoms with Crippen LogP contribution in [0.25, 0.3) is 0 Å². The Kier molecular flexibility index (Phi) is 4.73. The molecule has 1 rings (SSSR count). The second kappa shape index (κ2) is 5.61. The van der Waals surface area contributed by atoms with Crippen molar-refractivity contribution in [2.45, 2.75) is 11.8 Å². The number of esters is 1. The Labute approximate surface area is 104 Å². The number of carbonyl (C=O) groups excluding carboxylic acids is 1. The van der Waals surface area contributed by atoms with Crippen LogP contribution in [0.2, 0.25) is 0 Å². The third-order valence-corrected chi connectivity index (χ3v) is 3.16. The van der Waals surface area contributed by atoms with Crippen molar-refractivity contribution in [1.29, 1.82) is 0 Å². The summed E-state index contributed by atoms with van der Waals surface area (Å²) in [5.41, 5.74) is 1.51. The molecule has 0 N–H and O–H groups in total. The molecule has 2 nitrogen and oxygen atoms in total. The third-order valence-electron chi connectivity index (χ3n) is 1.95. The minimum absolute atomic E-state index is 0.149. The molecule has 0 saturated heterocycles. The fraction of sp³-hybridized carbons (Fsp3) is 0.300. The standard InChI is InChI=1S/C10H9Br2FO2/c1-15-10(14)4-6-2-8(12)9(13)3-7(6)5-11/h2-3H,4-5H2,1H3. The molecule has 0 atom stereocenters. The van der Waals surface area contributed by atoms with E-state index in [1.54, 1.807) is 6.07 Å². The van der Waals surface area contributed by atoms with Crippen molar-refractivity contribution in [1.82, 2.24) is 0 Å². The summed E-state index contributed by atoms with van der Waals surface area (Å²) in [6.07, 6.45) is 0.149. The molecule has 0 amide bonds. The van der Waals surface area contributed by atoms with E-state index < -0.39 is 0 Å². The van der Waals surface area contributed by atoms with Gasteiger partial charge in [0.25, 0.3) is 0 Å². The van der Waals surface area contributed by atoms with E-state index in [4.69, 9.17) is 0 Å². The zero-order chi connectivity index (χ0) is 11.4. The number of carbonyl (C=O) groups is 1. The lowest BCUT2D eigenvalue weighted by atomic mass is 10.1. The minimum Gasteiger partial charge on any atom is -0.469 e. The first-order valence-electron chi connectivity index (χ1n) is 4.18. The van der Waals surface area contributed by atoms with E-state index in [2.05, 4.69) is 36.6 Å². The molecule has 0 spiro atoms. The van der Waals surface area contributed by atoms with Crippen LogP contribution in [0, 0.1) is 5.82 Å². The van der Waals surface area contributed by atoms with E-state index in [1.165, 1.54) is 13.2 Å². The summed E-state index contributed by atoms with van der Waals surface area (Å²) in [5, 5.41) is 0.503. The van der Waals surface area contributed by atoms with Crippen molar-refractivity contribution >= 4 is 37.8 Å². The van der Waals surface area contributed by atoms with Crippen molar-refractivity contribution in [3.63, 3.8) is 0 Å². The molecule has 0 saturated carbocycles. The fourth-order valence-electron chi connectivity index (χ4n) is 1.15. The van der Waals surface area contributed by atoms with Gasteiger partial charge in [-0.2, -0.15) is 0 Å². The summed E-state index contributed by atoms with van der Waals surface area (Å²) < 4.78 is 18.1. The minimum atomic E-state index is -0.337. The van der Waals surface area contributed by atoms with Crippen LogP contribution in [0.15, 0.2) is 16.6 Å². The molecule has 0 heterocycles. The third kappa shape index (κ3) is 3.28. The molecule has 1 aromatic carbocycles. The van der Waals surface area contributed by atoms with Gasteiger partial charge in [0.1, 0.15) is 5.82 Å². The van der Waals surface area contributed by atoms with E-state index in [0.717, 1.165) is 11.1 Å².